The maximum absolute atomic E-state index is 11.4. The van der Waals surface area contributed by atoms with Gasteiger partial charge in [-0.15, -0.1) is 0 Å². The molecule has 0 aliphatic carbocycles. The molecule has 5 nitrogen and oxygen atoms in total. The van der Waals surface area contributed by atoms with Crippen molar-refractivity contribution in [2.45, 2.75) is 6.92 Å². The molecule has 0 fully saturated rings. The summed E-state index contributed by atoms with van der Waals surface area (Å²) in [5.74, 6) is 4.68. The maximum atomic E-state index is 11.4. The van der Waals surface area contributed by atoms with Crippen molar-refractivity contribution >= 4 is 11.7 Å². The topological polar surface area (TPSA) is 88.1 Å². The van der Waals surface area contributed by atoms with Gasteiger partial charge in [-0.05, 0) is 25.1 Å². The molecule has 0 aromatic heterocycles. The minimum absolute atomic E-state index is 0.240. The van der Waals surface area contributed by atoms with Crippen molar-refractivity contribution in [1.82, 2.24) is 0 Å². The van der Waals surface area contributed by atoms with Crippen LogP contribution in [-0.2, 0) is 4.74 Å². The maximum Gasteiger partial charge on any atom is 0.339 e. The number of hydrogen-bond donors (Lipinski definition) is 2. The molecule has 1 aromatic carbocycles. The molecule has 0 bridgehead atoms. The summed E-state index contributed by atoms with van der Waals surface area (Å²) in [6.45, 7) is 1.99. The Morgan fingerprint density at radius 2 is 2.40 bits per heavy atom. The van der Waals surface area contributed by atoms with Crippen LogP contribution in [0.5, 0.6) is 0 Å². The predicted molar refractivity (Wildman–Crippen MR) is 54.9 cm³/mol. The monoisotopic (exact) mass is 205 g/mol. The summed E-state index contributed by atoms with van der Waals surface area (Å²) in [4.78, 5) is 11.4. The van der Waals surface area contributed by atoms with Gasteiger partial charge in [0.25, 0.3) is 0 Å². The number of ether oxygens (including phenoxy) is 1. The number of carbonyl (C=O) groups is 1. The van der Waals surface area contributed by atoms with E-state index in [1.807, 2.05) is 6.07 Å². The van der Waals surface area contributed by atoms with Gasteiger partial charge in [-0.25, -0.2) is 4.79 Å². The molecule has 0 aliphatic heterocycles. The van der Waals surface area contributed by atoms with E-state index in [9.17, 15) is 4.79 Å². The van der Waals surface area contributed by atoms with E-state index in [0.29, 0.717) is 5.69 Å². The van der Waals surface area contributed by atoms with Gasteiger partial charge in [0.1, 0.15) is 6.07 Å². The molecular formula is C10H11N3O2. The van der Waals surface area contributed by atoms with Crippen LogP contribution in [0.2, 0.25) is 0 Å². The van der Waals surface area contributed by atoms with Crippen molar-refractivity contribution in [3.63, 3.8) is 0 Å². The molecule has 0 amide bonds. The van der Waals surface area contributed by atoms with Gasteiger partial charge in [0.15, 0.2) is 0 Å². The van der Waals surface area contributed by atoms with Crippen LogP contribution in [0, 0.1) is 11.3 Å². The number of rotatable bonds is 3. The standard InChI is InChI=1S/C10H11N3O2/c1-2-15-10(14)9-4-3-8(13-12)5-7(9)6-11/h3-5,13H,2,12H2,1H3. The number of nitriles is 1. The van der Waals surface area contributed by atoms with E-state index in [2.05, 4.69) is 5.43 Å². The van der Waals surface area contributed by atoms with Gasteiger partial charge in [0, 0.05) is 5.69 Å². The van der Waals surface area contributed by atoms with Gasteiger partial charge in [0.05, 0.1) is 17.7 Å². The highest BCUT2D eigenvalue weighted by atomic mass is 16.5. The number of nitrogens with two attached hydrogens (primary N) is 1. The van der Waals surface area contributed by atoms with Gasteiger partial charge in [-0.2, -0.15) is 5.26 Å². The number of hydrazine groups is 1. The second kappa shape index (κ2) is 4.98. The number of hydrogen-bond acceptors (Lipinski definition) is 5. The molecule has 0 aliphatic rings. The van der Waals surface area contributed by atoms with Crippen LogP contribution in [-0.4, -0.2) is 12.6 Å². The molecule has 0 saturated heterocycles. The van der Waals surface area contributed by atoms with Crippen LogP contribution in [0.4, 0.5) is 5.69 Å². The highest BCUT2D eigenvalue weighted by Gasteiger charge is 2.12. The summed E-state index contributed by atoms with van der Waals surface area (Å²) in [6, 6.07) is 6.52. The molecule has 1 rings (SSSR count). The minimum atomic E-state index is -0.502. The molecule has 3 N–H and O–H groups in total. The zero-order chi connectivity index (χ0) is 11.3. The van der Waals surface area contributed by atoms with E-state index < -0.39 is 5.97 Å². The van der Waals surface area contributed by atoms with Crippen molar-refractivity contribution < 1.29 is 9.53 Å². The van der Waals surface area contributed by atoms with Crippen molar-refractivity contribution in [1.29, 1.82) is 5.26 Å². The molecule has 5 heteroatoms. The Labute approximate surface area is 87.4 Å². The third-order valence-electron chi connectivity index (χ3n) is 1.80. The molecule has 0 atom stereocenters. The summed E-state index contributed by atoms with van der Waals surface area (Å²) in [6.07, 6.45) is 0. The lowest BCUT2D eigenvalue weighted by atomic mass is 10.1. The van der Waals surface area contributed by atoms with Gasteiger partial charge < -0.3 is 10.2 Å². The number of nitrogens with one attached hydrogen (secondary N) is 1. The summed E-state index contributed by atoms with van der Waals surface area (Å²) >= 11 is 0. The predicted octanol–water partition coefficient (Wildman–Crippen LogP) is 1.02. The van der Waals surface area contributed by atoms with E-state index in [4.69, 9.17) is 15.8 Å². The third-order valence-corrected chi connectivity index (χ3v) is 1.80. The Bertz CT molecular complexity index is 410. The summed E-state index contributed by atoms with van der Waals surface area (Å²) in [5.41, 5.74) is 3.45. The van der Waals surface area contributed by atoms with Crippen molar-refractivity contribution in [3.05, 3.63) is 29.3 Å². The van der Waals surface area contributed by atoms with Crippen LogP contribution < -0.4 is 11.3 Å². The van der Waals surface area contributed by atoms with Gasteiger partial charge >= 0.3 is 5.97 Å². The smallest absolute Gasteiger partial charge is 0.339 e. The van der Waals surface area contributed by atoms with E-state index in [-0.39, 0.29) is 17.7 Å². The number of carbonyl (C=O) groups excluding carboxylic acids is 1. The first-order valence-electron chi connectivity index (χ1n) is 4.40. The average Bonchev–Trinajstić information content (AvgIpc) is 2.28. The SMILES string of the molecule is CCOC(=O)c1ccc(NN)cc1C#N. The van der Waals surface area contributed by atoms with Crippen molar-refractivity contribution in [2.24, 2.45) is 5.84 Å². The fourth-order valence-corrected chi connectivity index (χ4v) is 1.11. The number of esters is 1. The molecule has 0 radical (unpaired) electrons. The highest BCUT2D eigenvalue weighted by Crippen LogP contribution is 2.15. The van der Waals surface area contributed by atoms with E-state index in [0.717, 1.165) is 0 Å². The summed E-state index contributed by atoms with van der Waals surface area (Å²) in [7, 11) is 0. The van der Waals surface area contributed by atoms with Crippen LogP contribution in [0.15, 0.2) is 18.2 Å². The molecule has 0 spiro atoms. The summed E-state index contributed by atoms with van der Waals surface area (Å²) < 4.78 is 4.80. The van der Waals surface area contributed by atoms with Gasteiger partial charge in [0.2, 0.25) is 0 Å². The first-order chi connectivity index (χ1) is 7.22. The van der Waals surface area contributed by atoms with Crippen LogP contribution >= 0.6 is 0 Å². The van der Waals surface area contributed by atoms with E-state index in [1.165, 1.54) is 12.1 Å². The molecule has 78 valence electrons. The normalized spacial score (nSPS) is 9.13. The number of benzene rings is 1. The van der Waals surface area contributed by atoms with E-state index >= 15 is 0 Å². The van der Waals surface area contributed by atoms with Crippen molar-refractivity contribution in [3.8, 4) is 6.07 Å². The lowest BCUT2D eigenvalue weighted by Crippen LogP contribution is -2.10. The second-order valence-electron chi connectivity index (χ2n) is 2.74. The molecule has 1 aromatic rings. The first-order valence-corrected chi connectivity index (χ1v) is 4.40. The third kappa shape index (κ3) is 2.45. The average molecular weight is 205 g/mol. The zero-order valence-corrected chi connectivity index (χ0v) is 8.28. The van der Waals surface area contributed by atoms with E-state index in [1.54, 1.807) is 13.0 Å². The zero-order valence-electron chi connectivity index (χ0n) is 8.28. The fraction of sp³-hybridized carbons (Fsp3) is 0.200. The summed E-state index contributed by atoms with van der Waals surface area (Å²) in [5, 5.41) is 8.83. The Morgan fingerprint density at radius 1 is 1.67 bits per heavy atom. The molecule has 0 heterocycles. The second-order valence-corrected chi connectivity index (χ2v) is 2.74. The van der Waals surface area contributed by atoms with Gasteiger partial charge in [-0.3, -0.25) is 5.84 Å². The van der Waals surface area contributed by atoms with Gasteiger partial charge in [-0.1, -0.05) is 0 Å². The first kappa shape index (κ1) is 11.0. The minimum Gasteiger partial charge on any atom is -0.462 e. The number of nitrogen functional groups attached to an aromatic ring is 1. The van der Waals surface area contributed by atoms with Crippen LogP contribution in [0.1, 0.15) is 22.8 Å². The Hall–Kier alpha value is -2.06. The lowest BCUT2D eigenvalue weighted by molar-refractivity contribution is 0.0526. The van der Waals surface area contributed by atoms with Crippen LogP contribution in [0.3, 0.4) is 0 Å². The Morgan fingerprint density at radius 3 is 2.93 bits per heavy atom. The number of nitrogens with zero attached hydrogens (tertiary/aromatic N) is 1. The molecule has 0 saturated carbocycles. The molecular weight excluding hydrogens is 194 g/mol. The lowest BCUT2D eigenvalue weighted by Gasteiger charge is -2.05. The quantitative estimate of drug-likeness (QED) is 0.437. The molecule has 15 heavy (non-hydrogen) atoms. The number of anilines is 1. The van der Waals surface area contributed by atoms with Crippen LogP contribution in [0.25, 0.3) is 0 Å². The largest absolute Gasteiger partial charge is 0.462 e. The highest BCUT2D eigenvalue weighted by molar-refractivity contribution is 5.92. The Kier molecular flexibility index (Phi) is 3.66. The van der Waals surface area contributed by atoms with Crippen molar-refractivity contribution in [2.75, 3.05) is 12.0 Å². The fourth-order valence-electron chi connectivity index (χ4n) is 1.11. The Balaban J connectivity index is 3.09. The molecule has 0 unspecified atom stereocenters.